The lowest BCUT2D eigenvalue weighted by molar-refractivity contribution is -0.143. The van der Waals surface area contributed by atoms with Crippen LogP contribution in [-0.2, 0) is 21.5 Å². The molecular formula is C36H48BrN5O6. The quantitative estimate of drug-likeness (QED) is 0.149. The van der Waals surface area contributed by atoms with Crippen LogP contribution in [0, 0.1) is 22.7 Å². The topological polar surface area (TPSA) is 145 Å². The summed E-state index contributed by atoms with van der Waals surface area (Å²) in [7, 11) is 1.55. The number of ether oxygens (including phenoxy) is 3. The summed E-state index contributed by atoms with van der Waals surface area (Å²) in [5.74, 6) is 0.582. The first kappa shape index (κ1) is 38.3. The second-order valence-electron chi connectivity index (χ2n) is 12.9. The van der Waals surface area contributed by atoms with Crippen molar-refractivity contribution in [1.29, 1.82) is 10.7 Å². The standard InChI is InChI=1S/C36H47N5O6.BrH/c1-7-45-31-18-25-21-41(34(38)26(25)19-27(31)35(44)39-6)22-30(42)24-16-28(36(3,4)5)33(47-15-9-10-32(43)46-8-2)29(17-24)40-13-11-23(20-37)12-14-40;/h16-19,23,38H,7-15,21-22H2,1-6H3,(H,39,44);1H. The predicted octanol–water partition coefficient (Wildman–Crippen LogP) is 5.81. The molecule has 2 aliphatic heterocycles. The maximum absolute atomic E-state index is 14.0. The van der Waals surface area contributed by atoms with Gasteiger partial charge in [-0.15, -0.1) is 17.0 Å². The highest BCUT2D eigenvalue weighted by Gasteiger charge is 2.32. The van der Waals surface area contributed by atoms with Gasteiger partial charge in [-0.05, 0) is 68.4 Å². The number of piperidine rings is 1. The van der Waals surface area contributed by atoms with Crippen molar-refractivity contribution in [3.63, 3.8) is 0 Å². The molecule has 0 aliphatic carbocycles. The molecule has 12 heteroatoms. The largest absolute Gasteiger partial charge is 0.493 e. The number of rotatable bonds is 13. The summed E-state index contributed by atoms with van der Waals surface area (Å²) in [5, 5.41) is 21.0. The third kappa shape index (κ3) is 8.86. The number of amidine groups is 1. The fraction of sp³-hybridized carbons (Fsp3) is 0.528. The van der Waals surface area contributed by atoms with Gasteiger partial charge in [0.15, 0.2) is 5.78 Å². The third-order valence-corrected chi connectivity index (χ3v) is 8.54. The van der Waals surface area contributed by atoms with Crippen LogP contribution in [0.25, 0.3) is 0 Å². The number of Topliss-reactive ketones (excluding diaryl/α,β-unsaturated/α-hetero) is 1. The number of carbonyl (C=O) groups excluding carboxylic acids is 3. The average Bonchev–Trinajstić information content (AvgIpc) is 3.35. The Bertz CT molecular complexity index is 1560. The summed E-state index contributed by atoms with van der Waals surface area (Å²) in [6.45, 7) is 12.5. The molecule has 0 bridgehead atoms. The number of nitrogens with one attached hydrogen (secondary N) is 2. The summed E-state index contributed by atoms with van der Waals surface area (Å²) < 4.78 is 17.2. The molecule has 2 aliphatic rings. The number of anilines is 1. The van der Waals surface area contributed by atoms with E-state index in [0.29, 0.717) is 86.9 Å². The number of hydrogen-bond acceptors (Lipinski definition) is 9. The van der Waals surface area contributed by atoms with Gasteiger partial charge in [-0.3, -0.25) is 19.8 Å². The van der Waals surface area contributed by atoms with Crippen LogP contribution in [0.4, 0.5) is 5.69 Å². The highest BCUT2D eigenvalue weighted by molar-refractivity contribution is 8.93. The SMILES string of the molecule is Br.CCOC(=O)CCCOc1c(N2CCC(C#N)CC2)cc(C(=O)CN2Cc3cc(OCC)c(C(=O)NC)cc3C2=N)cc1C(C)(C)C. The van der Waals surface area contributed by atoms with Gasteiger partial charge in [0.25, 0.3) is 5.91 Å². The first-order valence-electron chi connectivity index (χ1n) is 16.4. The maximum atomic E-state index is 14.0. The fourth-order valence-electron chi connectivity index (χ4n) is 6.01. The van der Waals surface area contributed by atoms with Gasteiger partial charge in [-0.1, -0.05) is 20.8 Å². The van der Waals surface area contributed by atoms with E-state index in [9.17, 15) is 19.6 Å². The van der Waals surface area contributed by atoms with Gasteiger partial charge in [0, 0.05) is 55.7 Å². The summed E-state index contributed by atoms with van der Waals surface area (Å²) >= 11 is 0. The van der Waals surface area contributed by atoms with Crippen molar-refractivity contribution in [2.75, 3.05) is 51.4 Å². The number of benzene rings is 2. The molecule has 0 atom stereocenters. The van der Waals surface area contributed by atoms with Crippen molar-refractivity contribution >= 4 is 46.2 Å². The molecule has 2 aromatic rings. The number of nitriles is 1. The number of carbonyl (C=O) groups is 3. The Balaban J connectivity index is 0.00000625. The summed E-state index contributed by atoms with van der Waals surface area (Å²) in [6, 6.07) is 9.60. The van der Waals surface area contributed by atoms with Crippen molar-refractivity contribution in [2.24, 2.45) is 5.92 Å². The molecule has 2 aromatic carbocycles. The number of ketones is 1. The van der Waals surface area contributed by atoms with E-state index in [2.05, 4.69) is 37.1 Å². The normalized spacial score (nSPS) is 14.5. The molecule has 0 spiro atoms. The molecule has 2 N–H and O–H groups in total. The van der Waals surface area contributed by atoms with E-state index in [1.165, 1.54) is 0 Å². The summed E-state index contributed by atoms with van der Waals surface area (Å²) in [4.78, 5) is 42.4. The minimum Gasteiger partial charge on any atom is -0.493 e. The lowest BCUT2D eigenvalue weighted by Gasteiger charge is -2.35. The second kappa shape index (κ2) is 16.8. The molecule has 1 fully saturated rings. The third-order valence-electron chi connectivity index (χ3n) is 8.54. The minimum absolute atomic E-state index is 0. The second-order valence-corrected chi connectivity index (χ2v) is 12.9. The van der Waals surface area contributed by atoms with E-state index in [1.807, 2.05) is 19.1 Å². The molecular weight excluding hydrogens is 678 g/mol. The van der Waals surface area contributed by atoms with Gasteiger partial charge in [0.2, 0.25) is 0 Å². The van der Waals surface area contributed by atoms with Crippen LogP contribution in [0.2, 0.25) is 0 Å². The van der Waals surface area contributed by atoms with E-state index < -0.39 is 0 Å². The van der Waals surface area contributed by atoms with E-state index in [1.54, 1.807) is 31.0 Å². The van der Waals surface area contributed by atoms with Gasteiger partial charge in [0.1, 0.15) is 17.3 Å². The number of halogens is 1. The molecule has 48 heavy (non-hydrogen) atoms. The molecule has 1 saturated heterocycles. The van der Waals surface area contributed by atoms with Crippen LogP contribution in [0.5, 0.6) is 11.5 Å². The fourth-order valence-corrected chi connectivity index (χ4v) is 6.01. The van der Waals surface area contributed by atoms with Crippen LogP contribution >= 0.6 is 17.0 Å². The van der Waals surface area contributed by atoms with Gasteiger partial charge < -0.3 is 29.3 Å². The molecule has 0 aromatic heterocycles. The predicted molar refractivity (Wildman–Crippen MR) is 190 cm³/mol. The van der Waals surface area contributed by atoms with E-state index >= 15 is 0 Å². The maximum Gasteiger partial charge on any atom is 0.305 e. The van der Waals surface area contributed by atoms with Crippen LogP contribution < -0.4 is 19.7 Å². The zero-order chi connectivity index (χ0) is 34.3. The summed E-state index contributed by atoms with van der Waals surface area (Å²) in [5.41, 5.74) is 3.57. The molecule has 4 rings (SSSR count). The average molecular weight is 727 g/mol. The molecule has 0 saturated carbocycles. The van der Waals surface area contributed by atoms with Crippen molar-refractivity contribution in [1.82, 2.24) is 10.2 Å². The summed E-state index contributed by atoms with van der Waals surface area (Å²) in [6.07, 6.45) is 2.17. The molecule has 2 heterocycles. The van der Waals surface area contributed by atoms with Crippen molar-refractivity contribution in [3.05, 3.63) is 52.1 Å². The van der Waals surface area contributed by atoms with Crippen LogP contribution in [0.3, 0.4) is 0 Å². The Kier molecular flexibility index (Phi) is 13.4. The highest BCUT2D eigenvalue weighted by atomic mass is 79.9. The van der Waals surface area contributed by atoms with Crippen molar-refractivity contribution < 1.29 is 28.6 Å². The van der Waals surface area contributed by atoms with E-state index in [4.69, 9.17) is 19.6 Å². The molecule has 11 nitrogen and oxygen atoms in total. The molecule has 0 unspecified atom stereocenters. The van der Waals surface area contributed by atoms with Gasteiger partial charge in [-0.2, -0.15) is 5.26 Å². The van der Waals surface area contributed by atoms with E-state index in [-0.39, 0.29) is 64.8 Å². The van der Waals surface area contributed by atoms with Gasteiger partial charge in [0.05, 0.1) is 43.7 Å². The Morgan fingerprint density at radius 2 is 1.77 bits per heavy atom. The van der Waals surface area contributed by atoms with E-state index in [0.717, 1.165) is 16.8 Å². The van der Waals surface area contributed by atoms with Crippen molar-refractivity contribution in [3.8, 4) is 17.6 Å². The first-order chi connectivity index (χ1) is 22.4. The number of amides is 1. The zero-order valence-electron chi connectivity index (χ0n) is 28.9. The van der Waals surface area contributed by atoms with Crippen LogP contribution in [-0.4, -0.2) is 74.9 Å². The monoisotopic (exact) mass is 725 g/mol. The zero-order valence-corrected chi connectivity index (χ0v) is 30.6. The Hall–Kier alpha value is -4.11. The minimum atomic E-state index is -0.380. The molecule has 1 amide bonds. The first-order valence-corrected chi connectivity index (χ1v) is 16.4. The lowest BCUT2D eigenvalue weighted by Crippen LogP contribution is -2.34. The lowest BCUT2D eigenvalue weighted by atomic mass is 9.84. The smallest absolute Gasteiger partial charge is 0.305 e. The molecule has 260 valence electrons. The number of nitrogens with zero attached hydrogens (tertiary/aromatic N) is 3. The number of esters is 1. The highest BCUT2D eigenvalue weighted by Crippen LogP contribution is 2.42. The number of fused-ring (bicyclic) bond motifs is 1. The van der Waals surface area contributed by atoms with Crippen LogP contribution in [0.15, 0.2) is 24.3 Å². The Morgan fingerprint density at radius 1 is 1.06 bits per heavy atom. The number of hydrogen-bond donors (Lipinski definition) is 2. The Morgan fingerprint density at radius 3 is 2.38 bits per heavy atom. The van der Waals surface area contributed by atoms with Crippen molar-refractivity contribution in [2.45, 2.75) is 72.3 Å². The van der Waals surface area contributed by atoms with Crippen LogP contribution in [0.1, 0.15) is 97.7 Å². The Labute approximate surface area is 294 Å². The van der Waals surface area contributed by atoms with Gasteiger partial charge in [-0.25, -0.2) is 0 Å². The molecule has 0 radical (unpaired) electrons. The van der Waals surface area contributed by atoms with Gasteiger partial charge >= 0.3 is 5.97 Å².